The fourth-order valence-electron chi connectivity index (χ4n) is 2.91. The van der Waals surface area contributed by atoms with Crippen LogP contribution in [0.5, 0.6) is 11.5 Å². The summed E-state index contributed by atoms with van der Waals surface area (Å²) in [5, 5.41) is 3.29. The number of aromatic amines is 1. The molecular weight excluding hydrogens is 366 g/mol. The molecule has 0 atom stereocenters. The molecule has 0 saturated heterocycles. The predicted molar refractivity (Wildman–Crippen MR) is 114 cm³/mol. The number of benzene rings is 2. The number of carbonyl (C=O) groups excluding carboxylic acids is 1. The Labute approximate surface area is 168 Å². The van der Waals surface area contributed by atoms with Crippen LogP contribution in [0, 0.1) is 0 Å². The van der Waals surface area contributed by atoms with Gasteiger partial charge in [-0.25, -0.2) is 9.97 Å². The highest BCUT2D eigenvalue weighted by Crippen LogP contribution is 2.27. The van der Waals surface area contributed by atoms with Gasteiger partial charge in [-0.2, -0.15) is 0 Å². The topological polar surface area (TPSA) is 83.1 Å². The van der Waals surface area contributed by atoms with E-state index in [1.807, 2.05) is 30.3 Å². The van der Waals surface area contributed by atoms with E-state index in [0.29, 0.717) is 29.7 Å². The van der Waals surface area contributed by atoms with Gasteiger partial charge in [0.15, 0.2) is 0 Å². The number of H-pyrrole nitrogens is 1. The van der Waals surface area contributed by atoms with Crippen LogP contribution in [0.1, 0.15) is 12.5 Å². The summed E-state index contributed by atoms with van der Waals surface area (Å²) in [7, 11) is 1.64. The molecule has 146 valence electrons. The van der Waals surface area contributed by atoms with Crippen LogP contribution in [0.3, 0.4) is 0 Å². The van der Waals surface area contributed by atoms with Crippen LogP contribution in [-0.4, -0.2) is 28.4 Å². The second-order valence-electron chi connectivity index (χ2n) is 6.61. The maximum atomic E-state index is 10.9. The van der Waals surface area contributed by atoms with Crippen molar-refractivity contribution >= 4 is 34.9 Å². The number of nitrogens with zero attached hydrogens (tertiary/aromatic N) is 3. The average molecular weight is 387 g/mol. The number of hydrogen-bond donors (Lipinski definition) is 2. The van der Waals surface area contributed by atoms with Gasteiger partial charge < -0.3 is 19.9 Å². The van der Waals surface area contributed by atoms with Crippen LogP contribution in [-0.2, 0) is 11.2 Å². The lowest BCUT2D eigenvalue weighted by Gasteiger charge is -2.11. The van der Waals surface area contributed by atoms with E-state index in [1.54, 1.807) is 25.4 Å². The normalized spacial score (nSPS) is 10.7. The number of aryl methyl sites for hydroxylation is 1. The summed E-state index contributed by atoms with van der Waals surface area (Å²) in [5.41, 5.74) is 3.96. The number of hydrogen-bond acceptors (Lipinski definition) is 5. The minimum atomic E-state index is 0.513. The van der Waals surface area contributed by atoms with Crippen LogP contribution < -0.4 is 15.0 Å². The average Bonchev–Trinajstić information content (AvgIpc) is 3.15. The number of anilines is 3. The standard InChI is InChI=1S/C22H21N5O2/c1-3-15-4-6-16(7-5-15)24-22-25-19-9-8-17(12-20(19)26-22)29-18-10-11-23-21(13-18)27(2)14-28/h4-14H,3H2,1-2H3,(H2,24,25,26). The second-order valence-corrected chi connectivity index (χ2v) is 6.61. The Morgan fingerprint density at radius 1 is 1.10 bits per heavy atom. The number of carbonyl (C=O) groups is 1. The van der Waals surface area contributed by atoms with Gasteiger partial charge in [0.25, 0.3) is 0 Å². The van der Waals surface area contributed by atoms with Crippen molar-refractivity contribution in [2.24, 2.45) is 0 Å². The molecule has 2 aromatic carbocycles. The zero-order chi connectivity index (χ0) is 20.2. The third kappa shape index (κ3) is 4.19. The molecule has 0 aliphatic carbocycles. The molecule has 29 heavy (non-hydrogen) atoms. The van der Waals surface area contributed by atoms with Crippen molar-refractivity contribution in [3.63, 3.8) is 0 Å². The monoisotopic (exact) mass is 387 g/mol. The van der Waals surface area contributed by atoms with Crippen LogP contribution in [0.4, 0.5) is 17.5 Å². The maximum Gasteiger partial charge on any atom is 0.215 e. The SMILES string of the molecule is CCc1ccc(Nc2nc3cc(Oc4ccnc(N(C)C=O)c4)ccc3[nH]2)cc1. The Bertz CT molecular complexity index is 1140. The summed E-state index contributed by atoms with van der Waals surface area (Å²) in [6, 6.07) is 17.4. The lowest BCUT2D eigenvalue weighted by Crippen LogP contribution is -2.14. The molecule has 0 unspecified atom stereocenters. The summed E-state index contributed by atoms with van der Waals surface area (Å²) in [4.78, 5) is 24.3. The molecule has 0 fully saturated rings. The molecule has 0 saturated carbocycles. The number of pyridine rings is 1. The number of ether oxygens (including phenoxy) is 1. The third-order valence-electron chi connectivity index (χ3n) is 4.55. The predicted octanol–water partition coefficient (Wildman–Crippen LogP) is 4.65. The Morgan fingerprint density at radius 3 is 2.66 bits per heavy atom. The first-order valence-electron chi connectivity index (χ1n) is 9.32. The molecule has 2 heterocycles. The van der Waals surface area contributed by atoms with Crippen molar-refractivity contribution in [1.82, 2.24) is 15.0 Å². The van der Waals surface area contributed by atoms with Crippen molar-refractivity contribution in [1.29, 1.82) is 0 Å². The molecule has 0 aliphatic heterocycles. The molecular formula is C22H21N5O2. The molecule has 7 heteroatoms. The van der Waals surface area contributed by atoms with Crippen LogP contribution in [0.2, 0.25) is 0 Å². The molecule has 4 aromatic rings. The zero-order valence-electron chi connectivity index (χ0n) is 16.2. The van der Waals surface area contributed by atoms with Gasteiger partial charge in [0.05, 0.1) is 11.0 Å². The number of amides is 1. The molecule has 7 nitrogen and oxygen atoms in total. The highest BCUT2D eigenvalue weighted by Gasteiger charge is 2.07. The van der Waals surface area contributed by atoms with E-state index in [9.17, 15) is 4.79 Å². The van der Waals surface area contributed by atoms with Gasteiger partial charge >= 0.3 is 0 Å². The lowest BCUT2D eigenvalue weighted by molar-refractivity contribution is -0.107. The van der Waals surface area contributed by atoms with Gasteiger partial charge in [0.2, 0.25) is 12.4 Å². The molecule has 0 aliphatic rings. The molecule has 0 spiro atoms. The highest BCUT2D eigenvalue weighted by atomic mass is 16.5. The second kappa shape index (κ2) is 8.02. The van der Waals surface area contributed by atoms with Crippen molar-refractivity contribution in [3.05, 3.63) is 66.4 Å². The molecule has 2 N–H and O–H groups in total. The fourth-order valence-corrected chi connectivity index (χ4v) is 2.91. The van der Waals surface area contributed by atoms with Crippen molar-refractivity contribution < 1.29 is 9.53 Å². The van der Waals surface area contributed by atoms with E-state index in [-0.39, 0.29) is 0 Å². The van der Waals surface area contributed by atoms with E-state index in [0.717, 1.165) is 23.1 Å². The van der Waals surface area contributed by atoms with E-state index in [1.165, 1.54) is 10.5 Å². The van der Waals surface area contributed by atoms with Crippen LogP contribution in [0.15, 0.2) is 60.8 Å². The minimum Gasteiger partial charge on any atom is -0.457 e. The lowest BCUT2D eigenvalue weighted by atomic mass is 10.1. The van der Waals surface area contributed by atoms with Gasteiger partial charge in [-0.3, -0.25) is 4.79 Å². The van der Waals surface area contributed by atoms with E-state index < -0.39 is 0 Å². The molecule has 1 amide bonds. The van der Waals surface area contributed by atoms with E-state index in [4.69, 9.17) is 4.74 Å². The van der Waals surface area contributed by atoms with Crippen LogP contribution in [0.25, 0.3) is 11.0 Å². The van der Waals surface area contributed by atoms with Gasteiger partial charge in [0.1, 0.15) is 17.3 Å². The number of imidazole rings is 1. The molecule has 4 rings (SSSR count). The number of fused-ring (bicyclic) bond motifs is 1. The number of nitrogens with one attached hydrogen (secondary N) is 2. The van der Waals surface area contributed by atoms with Gasteiger partial charge in [-0.05, 0) is 42.3 Å². The van der Waals surface area contributed by atoms with Gasteiger partial charge in [0, 0.05) is 31.1 Å². The first kappa shape index (κ1) is 18.5. The zero-order valence-corrected chi connectivity index (χ0v) is 16.2. The quantitative estimate of drug-likeness (QED) is 0.451. The van der Waals surface area contributed by atoms with E-state index >= 15 is 0 Å². The third-order valence-corrected chi connectivity index (χ3v) is 4.55. The van der Waals surface area contributed by atoms with Crippen LogP contribution >= 0.6 is 0 Å². The fraction of sp³-hybridized carbons (Fsp3) is 0.136. The first-order chi connectivity index (χ1) is 14.1. The summed E-state index contributed by atoms with van der Waals surface area (Å²) in [6.07, 6.45) is 3.31. The Morgan fingerprint density at radius 2 is 1.90 bits per heavy atom. The van der Waals surface area contributed by atoms with Gasteiger partial charge in [-0.15, -0.1) is 0 Å². The van der Waals surface area contributed by atoms with Crippen molar-refractivity contribution in [2.75, 3.05) is 17.3 Å². The summed E-state index contributed by atoms with van der Waals surface area (Å²) in [5.74, 6) is 2.42. The highest BCUT2D eigenvalue weighted by molar-refractivity contribution is 5.80. The minimum absolute atomic E-state index is 0.513. The number of rotatable bonds is 7. The molecule has 2 aromatic heterocycles. The number of aromatic nitrogens is 3. The first-order valence-corrected chi connectivity index (χ1v) is 9.32. The Kier molecular flexibility index (Phi) is 5.11. The van der Waals surface area contributed by atoms with Crippen molar-refractivity contribution in [2.45, 2.75) is 13.3 Å². The smallest absolute Gasteiger partial charge is 0.215 e. The molecule has 0 radical (unpaired) electrons. The maximum absolute atomic E-state index is 10.9. The Hall–Kier alpha value is -3.87. The van der Waals surface area contributed by atoms with Gasteiger partial charge in [-0.1, -0.05) is 19.1 Å². The Balaban J connectivity index is 1.53. The van der Waals surface area contributed by atoms with Crippen molar-refractivity contribution in [3.8, 4) is 11.5 Å². The molecule has 0 bridgehead atoms. The van der Waals surface area contributed by atoms with E-state index in [2.05, 4.69) is 39.3 Å². The summed E-state index contributed by atoms with van der Waals surface area (Å²) < 4.78 is 5.92. The summed E-state index contributed by atoms with van der Waals surface area (Å²) in [6.45, 7) is 2.13. The largest absolute Gasteiger partial charge is 0.457 e. The summed E-state index contributed by atoms with van der Waals surface area (Å²) >= 11 is 0.